The standard InChI is InChI=1S/C19H12ClF3N4/c1-11-14(6-4-12-3-2-8-25-10-12)17(27-18(24)26-11)13-5-7-16(20)15(9-13)19(21,22)23/h2-3,5,7-10H,1H3,(H2,24,26,27). The number of aromatic nitrogens is 3. The first kappa shape index (κ1) is 18.7. The summed E-state index contributed by atoms with van der Waals surface area (Å²) in [6.45, 7) is 1.66. The van der Waals surface area contributed by atoms with E-state index in [0.29, 0.717) is 16.8 Å². The third-order valence-electron chi connectivity index (χ3n) is 3.65. The molecular weight excluding hydrogens is 377 g/mol. The van der Waals surface area contributed by atoms with Crippen molar-refractivity contribution in [3.05, 3.63) is 70.1 Å². The van der Waals surface area contributed by atoms with Crippen molar-refractivity contribution < 1.29 is 13.2 Å². The van der Waals surface area contributed by atoms with Crippen LogP contribution in [0, 0.1) is 18.8 Å². The highest BCUT2D eigenvalue weighted by molar-refractivity contribution is 6.31. The Kier molecular flexibility index (Phi) is 5.02. The van der Waals surface area contributed by atoms with Crippen LogP contribution in [0.2, 0.25) is 5.02 Å². The number of benzene rings is 1. The number of aryl methyl sites for hydroxylation is 1. The van der Waals surface area contributed by atoms with Gasteiger partial charge in [-0.3, -0.25) is 4.98 Å². The van der Waals surface area contributed by atoms with Gasteiger partial charge in [-0.25, -0.2) is 9.97 Å². The minimum Gasteiger partial charge on any atom is -0.368 e. The summed E-state index contributed by atoms with van der Waals surface area (Å²) in [6.07, 6.45) is -1.41. The fraction of sp³-hybridized carbons (Fsp3) is 0.105. The highest BCUT2D eigenvalue weighted by Gasteiger charge is 2.33. The fourth-order valence-electron chi connectivity index (χ4n) is 2.41. The molecule has 0 radical (unpaired) electrons. The van der Waals surface area contributed by atoms with Crippen molar-refractivity contribution in [3.63, 3.8) is 0 Å². The molecule has 27 heavy (non-hydrogen) atoms. The number of halogens is 4. The molecule has 0 fully saturated rings. The Morgan fingerprint density at radius 2 is 1.89 bits per heavy atom. The van der Waals surface area contributed by atoms with Crippen LogP contribution in [0.5, 0.6) is 0 Å². The largest absolute Gasteiger partial charge is 0.417 e. The van der Waals surface area contributed by atoms with E-state index in [2.05, 4.69) is 26.8 Å². The van der Waals surface area contributed by atoms with Gasteiger partial charge in [0.25, 0.3) is 0 Å². The Bertz CT molecular complexity index is 1050. The van der Waals surface area contributed by atoms with Crippen molar-refractivity contribution in [1.82, 2.24) is 15.0 Å². The van der Waals surface area contributed by atoms with Crippen molar-refractivity contribution in [2.45, 2.75) is 13.1 Å². The fourth-order valence-corrected chi connectivity index (χ4v) is 2.64. The molecule has 2 aromatic heterocycles. The zero-order chi connectivity index (χ0) is 19.6. The summed E-state index contributed by atoms with van der Waals surface area (Å²) in [4.78, 5) is 12.1. The Balaban J connectivity index is 2.18. The van der Waals surface area contributed by atoms with Crippen LogP contribution in [0.15, 0.2) is 42.7 Å². The van der Waals surface area contributed by atoms with Gasteiger partial charge in [-0.1, -0.05) is 29.5 Å². The van der Waals surface area contributed by atoms with E-state index in [-0.39, 0.29) is 17.2 Å². The molecule has 0 saturated carbocycles. The third kappa shape index (κ3) is 4.18. The second-order valence-corrected chi connectivity index (χ2v) is 5.98. The van der Waals surface area contributed by atoms with E-state index >= 15 is 0 Å². The van der Waals surface area contributed by atoms with Gasteiger partial charge in [0.05, 0.1) is 27.5 Å². The maximum absolute atomic E-state index is 13.2. The van der Waals surface area contributed by atoms with Crippen LogP contribution >= 0.6 is 11.6 Å². The van der Waals surface area contributed by atoms with Crippen LogP contribution in [0.1, 0.15) is 22.4 Å². The Labute approximate surface area is 158 Å². The smallest absolute Gasteiger partial charge is 0.368 e. The van der Waals surface area contributed by atoms with Gasteiger partial charge in [0.1, 0.15) is 0 Å². The molecule has 0 aliphatic heterocycles. The van der Waals surface area contributed by atoms with Gasteiger partial charge in [0.15, 0.2) is 0 Å². The monoisotopic (exact) mass is 388 g/mol. The van der Waals surface area contributed by atoms with Gasteiger partial charge in [-0.05, 0) is 31.2 Å². The van der Waals surface area contributed by atoms with E-state index < -0.39 is 16.8 Å². The average Bonchev–Trinajstić information content (AvgIpc) is 2.61. The third-order valence-corrected chi connectivity index (χ3v) is 3.98. The summed E-state index contributed by atoms with van der Waals surface area (Å²) in [5, 5.41) is -0.395. The van der Waals surface area contributed by atoms with Crippen LogP contribution in [-0.4, -0.2) is 15.0 Å². The minimum atomic E-state index is -4.59. The van der Waals surface area contributed by atoms with Gasteiger partial charge in [-0.15, -0.1) is 0 Å². The number of nitrogens with two attached hydrogens (primary N) is 1. The maximum atomic E-state index is 13.2. The number of alkyl halides is 3. The predicted molar refractivity (Wildman–Crippen MR) is 96.8 cm³/mol. The molecule has 4 nitrogen and oxygen atoms in total. The number of nitrogens with zero attached hydrogens (tertiary/aromatic N) is 3. The lowest BCUT2D eigenvalue weighted by atomic mass is 10.0. The molecule has 3 rings (SSSR count). The van der Waals surface area contributed by atoms with E-state index in [0.717, 1.165) is 6.07 Å². The highest BCUT2D eigenvalue weighted by atomic mass is 35.5. The summed E-state index contributed by atoms with van der Waals surface area (Å²) in [5.74, 6) is 5.76. The number of hydrogen-bond acceptors (Lipinski definition) is 4. The topological polar surface area (TPSA) is 64.7 Å². The zero-order valence-corrected chi connectivity index (χ0v) is 14.7. The molecule has 0 aliphatic rings. The zero-order valence-electron chi connectivity index (χ0n) is 14.0. The summed E-state index contributed by atoms with van der Waals surface area (Å²) in [5.41, 5.74) is 6.62. The summed E-state index contributed by atoms with van der Waals surface area (Å²) in [7, 11) is 0. The molecule has 136 valence electrons. The quantitative estimate of drug-likeness (QED) is 0.623. The van der Waals surface area contributed by atoms with E-state index in [1.54, 1.807) is 31.5 Å². The normalized spacial score (nSPS) is 11.0. The summed E-state index contributed by atoms with van der Waals surface area (Å²) >= 11 is 5.70. The van der Waals surface area contributed by atoms with Crippen LogP contribution in [0.4, 0.5) is 19.1 Å². The molecule has 1 aromatic carbocycles. The van der Waals surface area contributed by atoms with Gasteiger partial charge in [0, 0.05) is 23.5 Å². The number of pyridine rings is 1. The predicted octanol–water partition coefficient (Wildman–Crippen LogP) is 4.50. The first-order valence-electron chi connectivity index (χ1n) is 7.69. The summed E-state index contributed by atoms with van der Waals surface area (Å²) < 4.78 is 39.6. The van der Waals surface area contributed by atoms with Crippen LogP contribution in [0.3, 0.4) is 0 Å². The number of hydrogen-bond donors (Lipinski definition) is 1. The lowest BCUT2D eigenvalue weighted by molar-refractivity contribution is -0.137. The van der Waals surface area contributed by atoms with Gasteiger partial charge < -0.3 is 5.73 Å². The highest BCUT2D eigenvalue weighted by Crippen LogP contribution is 2.37. The minimum absolute atomic E-state index is 0.0575. The maximum Gasteiger partial charge on any atom is 0.417 e. The summed E-state index contributed by atoms with van der Waals surface area (Å²) in [6, 6.07) is 7.03. The van der Waals surface area contributed by atoms with Crippen molar-refractivity contribution in [3.8, 4) is 23.1 Å². The molecule has 0 bridgehead atoms. The van der Waals surface area contributed by atoms with Crippen LogP contribution in [-0.2, 0) is 6.18 Å². The van der Waals surface area contributed by atoms with Gasteiger partial charge in [0.2, 0.25) is 5.95 Å². The molecule has 0 aliphatic carbocycles. The SMILES string of the molecule is Cc1nc(N)nc(-c2ccc(Cl)c(C(F)(F)F)c2)c1C#Cc1cccnc1. The van der Waals surface area contributed by atoms with Crippen LogP contribution in [0.25, 0.3) is 11.3 Å². The van der Waals surface area contributed by atoms with E-state index in [1.807, 2.05) is 0 Å². The van der Waals surface area contributed by atoms with Crippen LogP contribution < -0.4 is 5.73 Å². The van der Waals surface area contributed by atoms with Crippen molar-refractivity contribution in [1.29, 1.82) is 0 Å². The van der Waals surface area contributed by atoms with Gasteiger partial charge in [-0.2, -0.15) is 13.2 Å². The molecule has 2 heterocycles. The molecule has 0 amide bonds. The first-order valence-corrected chi connectivity index (χ1v) is 8.07. The lowest BCUT2D eigenvalue weighted by Crippen LogP contribution is -2.07. The Morgan fingerprint density at radius 3 is 2.56 bits per heavy atom. The number of rotatable bonds is 1. The molecule has 0 unspecified atom stereocenters. The van der Waals surface area contributed by atoms with Crippen molar-refractivity contribution >= 4 is 17.5 Å². The Morgan fingerprint density at radius 1 is 1.11 bits per heavy atom. The molecule has 0 saturated heterocycles. The molecule has 2 N–H and O–H groups in total. The first-order chi connectivity index (χ1) is 12.8. The number of nitrogen functional groups attached to an aromatic ring is 1. The Hall–Kier alpha value is -3.11. The molecular formula is C19H12ClF3N4. The molecule has 0 atom stereocenters. The van der Waals surface area contributed by atoms with Crippen molar-refractivity contribution in [2.75, 3.05) is 5.73 Å². The average molecular weight is 389 g/mol. The molecule has 3 aromatic rings. The number of anilines is 1. The second-order valence-electron chi connectivity index (χ2n) is 5.57. The van der Waals surface area contributed by atoms with Gasteiger partial charge >= 0.3 is 6.18 Å². The van der Waals surface area contributed by atoms with E-state index in [1.165, 1.54) is 12.1 Å². The molecule has 0 spiro atoms. The van der Waals surface area contributed by atoms with Crippen molar-refractivity contribution in [2.24, 2.45) is 0 Å². The van der Waals surface area contributed by atoms with E-state index in [4.69, 9.17) is 17.3 Å². The van der Waals surface area contributed by atoms with E-state index in [9.17, 15) is 13.2 Å². The second kappa shape index (κ2) is 7.25. The molecule has 8 heteroatoms. The lowest BCUT2D eigenvalue weighted by Gasteiger charge is -2.12.